The number of carbonyl (C=O) groups excluding carboxylic acids is 2. The van der Waals surface area contributed by atoms with E-state index in [1.165, 1.54) is 5.56 Å². The number of benzene rings is 2. The summed E-state index contributed by atoms with van der Waals surface area (Å²) in [5.41, 5.74) is 8.59. The summed E-state index contributed by atoms with van der Waals surface area (Å²) in [6, 6.07) is 13.7. The zero-order valence-electron chi connectivity index (χ0n) is 17.0. The van der Waals surface area contributed by atoms with Crippen LogP contribution in [0.15, 0.2) is 42.5 Å². The average molecular weight is 390 g/mol. The highest BCUT2D eigenvalue weighted by Crippen LogP contribution is 2.57. The van der Waals surface area contributed by atoms with Crippen molar-refractivity contribution < 1.29 is 9.59 Å². The first-order valence-corrected chi connectivity index (χ1v) is 10.1. The number of likely N-dealkylation sites (N-methyl/N-ethyl adjacent to an activating group) is 1. The lowest BCUT2D eigenvalue weighted by Crippen LogP contribution is -2.56. The second-order valence-electron chi connectivity index (χ2n) is 9.07. The minimum atomic E-state index is -1.19. The number of carbonyl (C=O) groups is 2. The Bertz CT molecular complexity index is 1050. The van der Waals surface area contributed by atoms with Crippen LogP contribution in [0.25, 0.3) is 0 Å². The third kappa shape index (κ3) is 2.26. The van der Waals surface area contributed by atoms with Crippen molar-refractivity contribution in [2.45, 2.75) is 36.8 Å². The Labute approximate surface area is 170 Å². The van der Waals surface area contributed by atoms with E-state index in [1.807, 2.05) is 31.1 Å². The van der Waals surface area contributed by atoms with Crippen LogP contribution in [-0.2, 0) is 27.0 Å². The summed E-state index contributed by atoms with van der Waals surface area (Å²) in [7, 11) is 4.04. The summed E-state index contributed by atoms with van der Waals surface area (Å²) in [6.07, 6.45) is 1.23. The maximum Gasteiger partial charge on any atom is 0.244 e. The van der Waals surface area contributed by atoms with Crippen molar-refractivity contribution in [3.63, 3.8) is 0 Å². The molecule has 29 heavy (non-hydrogen) atoms. The molecule has 1 fully saturated rings. The summed E-state index contributed by atoms with van der Waals surface area (Å²) < 4.78 is 0. The van der Waals surface area contributed by atoms with Gasteiger partial charge in [-0.3, -0.25) is 9.59 Å². The molecule has 3 atom stereocenters. The van der Waals surface area contributed by atoms with Crippen LogP contribution in [0, 0.1) is 0 Å². The van der Waals surface area contributed by atoms with Gasteiger partial charge in [-0.05, 0) is 50.7 Å². The third-order valence-corrected chi connectivity index (χ3v) is 6.86. The van der Waals surface area contributed by atoms with E-state index in [9.17, 15) is 9.59 Å². The SMILES string of the molecule is CN(C)C[C@@H]1Cc2ccccc2[C@@]2(C)C[C@@]3(C(=O)Nc4cc(N)ccc43)C(=O)N12. The van der Waals surface area contributed by atoms with Gasteiger partial charge >= 0.3 is 0 Å². The van der Waals surface area contributed by atoms with Crippen LogP contribution in [0.3, 0.4) is 0 Å². The van der Waals surface area contributed by atoms with Crippen molar-refractivity contribution in [1.82, 2.24) is 9.80 Å². The third-order valence-electron chi connectivity index (χ3n) is 6.86. The minimum absolute atomic E-state index is 0.0161. The van der Waals surface area contributed by atoms with Crippen LogP contribution < -0.4 is 11.1 Å². The number of nitrogen functional groups attached to an aromatic ring is 1. The highest BCUT2D eigenvalue weighted by Gasteiger charge is 2.67. The Kier molecular flexibility index (Phi) is 3.65. The number of nitrogens with two attached hydrogens (primary N) is 1. The lowest BCUT2D eigenvalue weighted by molar-refractivity contribution is -0.141. The van der Waals surface area contributed by atoms with Crippen molar-refractivity contribution in [3.05, 3.63) is 59.2 Å². The average Bonchev–Trinajstić information content (AvgIpc) is 3.06. The molecule has 2 amide bonds. The first-order valence-electron chi connectivity index (χ1n) is 10.1. The number of hydrogen-bond acceptors (Lipinski definition) is 4. The van der Waals surface area contributed by atoms with Gasteiger partial charge in [0, 0.05) is 35.9 Å². The van der Waals surface area contributed by atoms with E-state index in [4.69, 9.17) is 5.73 Å². The number of nitrogens with zero attached hydrogens (tertiary/aromatic N) is 2. The number of hydrogen-bond donors (Lipinski definition) is 2. The zero-order valence-corrected chi connectivity index (χ0v) is 17.0. The van der Waals surface area contributed by atoms with Crippen LogP contribution in [0.2, 0.25) is 0 Å². The summed E-state index contributed by atoms with van der Waals surface area (Å²) in [5.74, 6) is -0.331. The van der Waals surface area contributed by atoms with Crippen molar-refractivity contribution in [1.29, 1.82) is 0 Å². The Balaban J connectivity index is 1.72. The molecule has 6 nitrogen and oxygen atoms in total. The number of fused-ring (bicyclic) bond motifs is 5. The first kappa shape index (κ1) is 18.2. The quantitative estimate of drug-likeness (QED) is 0.608. The predicted molar refractivity (Wildman–Crippen MR) is 112 cm³/mol. The fraction of sp³-hybridized carbons (Fsp3) is 0.391. The number of amides is 2. The lowest BCUT2D eigenvalue weighted by Gasteiger charge is -2.47. The highest BCUT2D eigenvalue weighted by atomic mass is 16.2. The molecule has 0 saturated carbocycles. The molecule has 6 heteroatoms. The van der Waals surface area contributed by atoms with Crippen LogP contribution in [0.4, 0.5) is 11.4 Å². The molecule has 1 saturated heterocycles. The molecule has 2 aromatic carbocycles. The van der Waals surface area contributed by atoms with Gasteiger partial charge in [0.25, 0.3) is 0 Å². The lowest BCUT2D eigenvalue weighted by atomic mass is 9.72. The standard InChI is InChI=1S/C23H26N4O2/c1-22-13-23(18-9-8-15(24)11-19(18)25-20(23)28)21(29)27(22)16(12-26(2)3)10-14-6-4-5-7-17(14)22/h4-9,11,16H,10,12-13,24H2,1-3H3,(H,25,28)/t16-,22+,23+/m0/s1. The van der Waals surface area contributed by atoms with Crippen LogP contribution in [-0.4, -0.2) is 48.3 Å². The number of anilines is 2. The fourth-order valence-corrected chi connectivity index (χ4v) is 5.81. The van der Waals surface area contributed by atoms with Gasteiger partial charge in [0.2, 0.25) is 11.8 Å². The van der Waals surface area contributed by atoms with Crippen LogP contribution in [0.5, 0.6) is 0 Å². The van der Waals surface area contributed by atoms with Crippen molar-refractivity contribution in [2.75, 3.05) is 31.7 Å². The van der Waals surface area contributed by atoms with E-state index in [0.29, 0.717) is 17.8 Å². The van der Waals surface area contributed by atoms with Crippen molar-refractivity contribution in [3.8, 4) is 0 Å². The summed E-state index contributed by atoms with van der Waals surface area (Å²) in [6.45, 7) is 2.87. The van der Waals surface area contributed by atoms with E-state index in [-0.39, 0.29) is 17.9 Å². The molecule has 0 bridgehead atoms. The van der Waals surface area contributed by atoms with Gasteiger partial charge in [0.15, 0.2) is 5.41 Å². The van der Waals surface area contributed by atoms with Crippen molar-refractivity contribution in [2.24, 2.45) is 0 Å². The summed E-state index contributed by atoms with van der Waals surface area (Å²) in [4.78, 5) is 31.4. The first-order chi connectivity index (χ1) is 13.8. The fourth-order valence-electron chi connectivity index (χ4n) is 5.81. The summed E-state index contributed by atoms with van der Waals surface area (Å²) >= 11 is 0. The second kappa shape index (κ2) is 5.83. The summed E-state index contributed by atoms with van der Waals surface area (Å²) in [5, 5.41) is 2.93. The maximum absolute atomic E-state index is 14.0. The molecule has 3 heterocycles. The molecule has 3 aliphatic heterocycles. The van der Waals surface area contributed by atoms with E-state index in [0.717, 1.165) is 24.1 Å². The Morgan fingerprint density at radius 2 is 1.93 bits per heavy atom. The normalized spacial score (nSPS) is 29.8. The zero-order chi connectivity index (χ0) is 20.6. The molecule has 0 radical (unpaired) electrons. The molecule has 3 N–H and O–H groups in total. The molecule has 0 aromatic heterocycles. The van der Waals surface area contributed by atoms with Gasteiger partial charge in [-0.2, -0.15) is 0 Å². The topological polar surface area (TPSA) is 78.7 Å². The number of rotatable bonds is 2. The highest BCUT2D eigenvalue weighted by molar-refractivity contribution is 6.22. The van der Waals surface area contributed by atoms with Gasteiger partial charge in [-0.1, -0.05) is 30.3 Å². The van der Waals surface area contributed by atoms with Crippen LogP contribution in [0.1, 0.15) is 30.0 Å². The molecule has 0 unspecified atom stereocenters. The molecule has 5 rings (SSSR count). The Morgan fingerprint density at radius 3 is 2.69 bits per heavy atom. The Morgan fingerprint density at radius 1 is 1.17 bits per heavy atom. The van der Waals surface area contributed by atoms with Gasteiger partial charge in [-0.15, -0.1) is 0 Å². The van der Waals surface area contributed by atoms with E-state index >= 15 is 0 Å². The largest absolute Gasteiger partial charge is 0.399 e. The molecule has 2 aromatic rings. The smallest absolute Gasteiger partial charge is 0.244 e. The molecule has 3 aliphatic rings. The van der Waals surface area contributed by atoms with E-state index in [1.54, 1.807) is 12.1 Å². The molecular formula is C23H26N4O2. The monoisotopic (exact) mass is 390 g/mol. The predicted octanol–water partition coefficient (Wildman–Crippen LogP) is 2.09. The molecular weight excluding hydrogens is 364 g/mol. The van der Waals surface area contributed by atoms with E-state index in [2.05, 4.69) is 35.3 Å². The maximum atomic E-state index is 14.0. The Hall–Kier alpha value is -2.86. The van der Waals surface area contributed by atoms with Gasteiger partial charge in [0.1, 0.15) is 0 Å². The van der Waals surface area contributed by atoms with Gasteiger partial charge in [0.05, 0.1) is 5.54 Å². The minimum Gasteiger partial charge on any atom is -0.399 e. The van der Waals surface area contributed by atoms with Crippen molar-refractivity contribution >= 4 is 23.2 Å². The van der Waals surface area contributed by atoms with E-state index < -0.39 is 11.0 Å². The molecule has 0 aliphatic carbocycles. The molecule has 150 valence electrons. The molecule has 1 spiro atoms. The van der Waals surface area contributed by atoms with Crippen LogP contribution >= 0.6 is 0 Å². The number of nitrogens with one attached hydrogen (secondary N) is 1. The second-order valence-corrected chi connectivity index (χ2v) is 9.07. The van der Waals surface area contributed by atoms with Gasteiger partial charge < -0.3 is 20.9 Å². The van der Waals surface area contributed by atoms with Gasteiger partial charge in [-0.25, -0.2) is 0 Å².